The lowest BCUT2D eigenvalue weighted by atomic mass is 10.3. The van der Waals surface area contributed by atoms with E-state index >= 15 is 0 Å². The first-order valence-electron chi connectivity index (χ1n) is 4.91. The van der Waals surface area contributed by atoms with Crippen LogP contribution in [0.5, 0.6) is 0 Å². The third-order valence-electron chi connectivity index (χ3n) is 2.25. The molecule has 0 aliphatic heterocycles. The SMILES string of the molecule is Cn1cc(CNCCC#N)c(=O)n(C)c1=O. The molecule has 0 spiro atoms. The molecule has 0 radical (unpaired) electrons. The average molecular weight is 222 g/mol. The van der Waals surface area contributed by atoms with Crippen LogP contribution in [-0.4, -0.2) is 15.7 Å². The van der Waals surface area contributed by atoms with E-state index in [2.05, 4.69) is 5.32 Å². The molecule has 0 saturated heterocycles. The van der Waals surface area contributed by atoms with Crippen molar-refractivity contribution < 1.29 is 0 Å². The Labute approximate surface area is 92.7 Å². The molecule has 0 unspecified atom stereocenters. The molecule has 0 fully saturated rings. The van der Waals surface area contributed by atoms with Gasteiger partial charge in [0.2, 0.25) is 0 Å². The van der Waals surface area contributed by atoms with Crippen molar-refractivity contribution in [1.29, 1.82) is 5.26 Å². The van der Waals surface area contributed by atoms with Crippen LogP contribution < -0.4 is 16.6 Å². The van der Waals surface area contributed by atoms with E-state index in [9.17, 15) is 9.59 Å². The highest BCUT2D eigenvalue weighted by Gasteiger charge is 2.05. The Morgan fingerprint density at radius 1 is 1.44 bits per heavy atom. The van der Waals surface area contributed by atoms with Crippen LogP contribution >= 0.6 is 0 Å². The van der Waals surface area contributed by atoms with Crippen molar-refractivity contribution in [2.45, 2.75) is 13.0 Å². The number of aromatic nitrogens is 2. The van der Waals surface area contributed by atoms with E-state index in [0.29, 0.717) is 25.1 Å². The summed E-state index contributed by atoms with van der Waals surface area (Å²) in [5.41, 5.74) is -0.124. The molecule has 1 N–H and O–H groups in total. The summed E-state index contributed by atoms with van der Waals surface area (Å²) >= 11 is 0. The first kappa shape index (κ1) is 12.2. The van der Waals surface area contributed by atoms with Crippen LogP contribution in [0.2, 0.25) is 0 Å². The van der Waals surface area contributed by atoms with Crippen molar-refractivity contribution >= 4 is 0 Å². The first-order valence-corrected chi connectivity index (χ1v) is 4.91. The van der Waals surface area contributed by atoms with E-state index in [-0.39, 0.29) is 11.2 Å². The highest BCUT2D eigenvalue weighted by molar-refractivity contribution is 5.05. The minimum atomic E-state index is -0.342. The molecule has 6 nitrogen and oxygen atoms in total. The molecular formula is C10H14N4O2. The van der Waals surface area contributed by atoms with Crippen molar-refractivity contribution in [3.05, 3.63) is 32.6 Å². The van der Waals surface area contributed by atoms with E-state index < -0.39 is 0 Å². The van der Waals surface area contributed by atoms with Crippen molar-refractivity contribution in [3.8, 4) is 6.07 Å². The Balaban J connectivity index is 2.87. The number of nitrogens with one attached hydrogen (secondary N) is 1. The predicted molar refractivity (Wildman–Crippen MR) is 58.9 cm³/mol. The fourth-order valence-corrected chi connectivity index (χ4v) is 1.37. The summed E-state index contributed by atoms with van der Waals surface area (Å²) in [6, 6.07) is 2.00. The normalized spacial score (nSPS) is 10.1. The van der Waals surface area contributed by atoms with E-state index in [1.165, 1.54) is 17.8 Å². The first-order chi connectivity index (χ1) is 7.57. The zero-order chi connectivity index (χ0) is 12.1. The third-order valence-corrected chi connectivity index (χ3v) is 2.25. The second-order valence-electron chi connectivity index (χ2n) is 3.50. The van der Waals surface area contributed by atoms with Gasteiger partial charge in [-0.1, -0.05) is 0 Å². The second-order valence-corrected chi connectivity index (χ2v) is 3.50. The molecule has 0 saturated carbocycles. The lowest BCUT2D eigenvalue weighted by Crippen LogP contribution is -2.39. The smallest absolute Gasteiger partial charge is 0.311 e. The molecule has 0 bridgehead atoms. The van der Waals surface area contributed by atoms with Crippen LogP contribution in [0.25, 0.3) is 0 Å². The highest BCUT2D eigenvalue weighted by atomic mass is 16.2. The van der Waals surface area contributed by atoms with Gasteiger partial charge in [0, 0.05) is 45.4 Å². The maximum absolute atomic E-state index is 11.7. The fourth-order valence-electron chi connectivity index (χ4n) is 1.37. The maximum Gasteiger partial charge on any atom is 0.330 e. The monoisotopic (exact) mass is 222 g/mol. The fraction of sp³-hybridized carbons (Fsp3) is 0.500. The molecule has 1 heterocycles. The Morgan fingerprint density at radius 3 is 2.75 bits per heavy atom. The van der Waals surface area contributed by atoms with Gasteiger partial charge in [-0.15, -0.1) is 0 Å². The highest BCUT2D eigenvalue weighted by Crippen LogP contribution is 1.87. The summed E-state index contributed by atoms with van der Waals surface area (Å²) in [5.74, 6) is 0. The van der Waals surface area contributed by atoms with Crippen molar-refractivity contribution in [2.24, 2.45) is 14.1 Å². The van der Waals surface area contributed by atoms with Crippen molar-refractivity contribution in [3.63, 3.8) is 0 Å². The lowest BCUT2D eigenvalue weighted by molar-refractivity contribution is 0.634. The van der Waals surface area contributed by atoms with Gasteiger partial charge in [0.25, 0.3) is 5.56 Å². The Morgan fingerprint density at radius 2 is 2.12 bits per heavy atom. The predicted octanol–water partition coefficient (Wildman–Crippen LogP) is -0.913. The van der Waals surface area contributed by atoms with Gasteiger partial charge in [0.15, 0.2) is 0 Å². The number of hydrogen-bond donors (Lipinski definition) is 1. The van der Waals surface area contributed by atoms with Crippen molar-refractivity contribution in [1.82, 2.24) is 14.5 Å². The molecule has 0 aromatic carbocycles. The van der Waals surface area contributed by atoms with Gasteiger partial charge in [0.1, 0.15) is 0 Å². The zero-order valence-electron chi connectivity index (χ0n) is 9.36. The van der Waals surface area contributed by atoms with Gasteiger partial charge in [-0.05, 0) is 0 Å². The molecule has 6 heteroatoms. The molecule has 0 aliphatic carbocycles. The number of nitriles is 1. The van der Waals surface area contributed by atoms with Crippen LogP contribution in [0.4, 0.5) is 0 Å². The zero-order valence-corrected chi connectivity index (χ0v) is 9.36. The number of aryl methyl sites for hydroxylation is 1. The van der Waals surface area contributed by atoms with E-state index in [1.807, 2.05) is 6.07 Å². The van der Waals surface area contributed by atoms with Crippen LogP contribution in [0.3, 0.4) is 0 Å². The average Bonchev–Trinajstić information content (AvgIpc) is 2.28. The summed E-state index contributed by atoms with van der Waals surface area (Å²) in [4.78, 5) is 23.0. The van der Waals surface area contributed by atoms with Gasteiger partial charge in [-0.2, -0.15) is 5.26 Å². The number of rotatable bonds is 4. The van der Waals surface area contributed by atoms with Crippen molar-refractivity contribution in [2.75, 3.05) is 6.54 Å². The van der Waals surface area contributed by atoms with E-state index in [0.717, 1.165) is 4.57 Å². The van der Waals surface area contributed by atoms with Gasteiger partial charge in [-0.25, -0.2) is 4.79 Å². The lowest BCUT2D eigenvalue weighted by Gasteiger charge is -2.06. The number of hydrogen-bond acceptors (Lipinski definition) is 4. The summed E-state index contributed by atoms with van der Waals surface area (Å²) < 4.78 is 2.43. The topological polar surface area (TPSA) is 79.8 Å². The minimum absolute atomic E-state index is 0.299. The molecule has 0 aliphatic rings. The number of nitrogens with zero attached hydrogens (tertiary/aromatic N) is 3. The van der Waals surface area contributed by atoms with Gasteiger partial charge < -0.3 is 9.88 Å². The quantitative estimate of drug-likeness (QED) is 0.669. The van der Waals surface area contributed by atoms with Crippen LogP contribution in [0.15, 0.2) is 15.8 Å². The molecule has 0 atom stereocenters. The summed E-state index contributed by atoms with van der Waals surface area (Å²) in [5, 5.41) is 11.3. The molecule has 1 rings (SSSR count). The molecule has 1 aromatic rings. The largest absolute Gasteiger partial charge is 0.330 e. The van der Waals surface area contributed by atoms with Crippen LogP contribution in [-0.2, 0) is 20.6 Å². The molecule has 16 heavy (non-hydrogen) atoms. The third kappa shape index (κ3) is 2.58. The molecule has 1 aromatic heterocycles. The van der Waals surface area contributed by atoms with Gasteiger partial charge in [0.05, 0.1) is 6.07 Å². The van der Waals surface area contributed by atoms with E-state index in [4.69, 9.17) is 5.26 Å². The Hall–Kier alpha value is -1.87. The molecule has 86 valence electrons. The standard InChI is InChI=1S/C10H14N4O2/c1-13-7-8(6-12-5-3-4-11)9(15)14(2)10(13)16/h7,12H,3,5-6H2,1-2H3. The van der Waals surface area contributed by atoms with E-state index in [1.54, 1.807) is 7.05 Å². The minimum Gasteiger partial charge on any atom is -0.311 e. The maximum atomic E-state index is 11.7. The summed E-state index contributed by atoms with van der Waals surface area (Å²) in [6.45, 7) is 0.894. The summed E-state index contributed by atoms with van der Waals surface area (Å²) in [7, 11) is 3.05. The van der Waals surface area contributed by atoms with Crippen LogP contribution in [0, 0.1) is 11.3 Å². The summed E-state index contributed by atoms with van der Waals surface area (Å²) in [6.07, 6.45) is 1.91. The Kier molecular flexibility index (Phi) is 4.03. The molecule has 0 amide bonds. The Bertz CT molecular complexity index is 521. The van der Waals surface area contributed by atoms with Crippen LogP contribution in [0.1, 0.15) is 12.0 Å². The second kappa shape index (κ2) is 5.28. The van der Waals surface area contributed by atoms with Gasteiger partial charge >= 0.3 is 5.69 Å². The molecular weight excluding hydrogens is 208 g/mol. The van der Waals surface area contributed by atoms with Gasteiger partial charge in [-0.3, -0.25) is 9.36 Å².